The van der Waals surface area contributed by atoms with Gasteiger partial charge in [0.05, 0.1) is 5.25 Å². The Labute approximate surface area is 109 Å². The molecule has 0 saturated heterocycles. The minimum atomic E-state index is -0.249. The first kappa shape index (κ1) is 14.1. The molecule has 3 heteroatoms. The molecule has 0 N–H and O–H groups in total. The highest BCUT2D eigenvalue weighted by molar-refractivity contribution is 7.81. The molecular formula is C14H21NOS. The lowest BCUT2D eigenvalue weighted by molar-refractivity contribution is -0.118. The quantitative estimate of drug-likeness (QED) is 0.818. The summed E-state index contributed by atoms with van der Waals surface area (Å²) < 4.78 is 0. The van der Waals surface area contributed by atoms with Gasteiger partial charge in [-0.15, -0.1) is 0 Å². The summed E-state index contributed by atoms with van der Waals surface area (Å²) >= 11 is 4.37. The van der Waals surface area contributed by atoms with Crippen LogP contribution in [0.1, 0.15) is 25.0 Å². The second-order valence-corrected chi connectivity index (χ2v) is 5.49. The van der Waals surface area contributed by atoms with Crippen LogP contribution >= 0.6 is 12.6 Å². The van der Waals surface area contributed by atoms with Gasteiger partial charge in [0.25, 0.3) is 0 Å². The van der Waals surface area contributed by atoms with Gasteiger partial charge in [0.15, 0.2) is 0 Å². The fourth-order valence-corrected chi connectivity index (χ4v) is 1.93. The van der Waals surface area contributed by atoms with E-state index < -0.39 is 0 Å². The fourth-order valence-electron chi connectivity index (χ4n) is 1.76. The summed E-state index contributed by atoms with van der Waals surface area (Å²) in [5, 5.41) is -0.249. The van der Waals surface area contributed by atoms with Crippen molar-refractivity contribution in [3.05, 3.63) is 29.3 Å². The van der Waals surface area contributed by atoms with E-state index in [1.807, 2.05) is 46.9 Å². The summed E-state index contributed by atoms with van der Waals surface area (Å²) in [7, 11) is 1.81. The molecule has 0 aliphatic rings. The molecule has 0 aliphatic heterocycles. The molecule has 0 heterocycles. The molecule has 1 aromatic carbocycles. The van der Waals surface area contributed by atoms with Crippen molar-refractivity contribution in [1.82, 2.24) is 0 Å². The maximum absolute atomic E-state index is 12.2. The molecule has 94 valence electrons. The zero-order chi connectivity index (χ0) is 13.2. The monoisotopic (exact) mass is 251 g/mol. The number of aryl methyl sites for hydroxylation is 2. The van der Waals surface area contributed by atoms with Crippen molar-refractivity contribution in [3.8, 4) is 0 Å². The summed E-state index contributed by atoms with van der Waals surface area (Å²) in [5.41, 5.74) is 3.27. The molecule has 0 aliphatic carbocycles. The Morgan fingerprint density at radius 3 is 2.06 bits per heavy atom. The van der Waals surface area contributed by atoms with Gasteiger partial charge in [-0.2, -0.15) is 12.6 Å². The first-order chi connectivity index (χ1) is 7.82. The number of rotatable bonds is 3. The number of thiol groups is 1. The lowest BCUT2D eigenvalue weighted by Crippen LogP contribution is -2.36. The Morgan fingerprint density at radius 1 is 1.18 bits per heavy atom. The maximum atomic E-state index is 12.2. The van der Waals surface area contributed by atoms with E-state index >= 15 is 0 Å². The van der Waals surface area contributed by atoms with Crippen LogP contribution in [0.2, 0.25) is 0 Å². The van der Waals surface area contributed by atoms with Gasteiger partial charge in [-0.1, -0.05) is 19.9 Å². The van der Waals surface area contributed by atoms with Crippen LogP contribution in [0.15, 0.2) is 18.2 Å². The Bertz CT molecular complexity index is 394. The summed E-state index contributed by atoms with van der Waals surface area (Å²) in [6.45, 7) is 8.08. The van der Waals surface area contributed by atoms with Crippen LogP contribution < -0.4 is 4.90 Å². The number of carbonyl (C=O) groups excluding carboxylic acids is 1. The Hall–Kier alpha value is -0.960. The van der Waals surface area contributed by atoms with E-state index in [0.29, 0.717) is 0 Å². The standard InChI is InChI=1S/C14H21NOS/c1-9(2)13(17)14(16)15(5)12-7-10(3)6-11(4)8-12/h6-9,13,17H,1-5H3. The van der Waals surface area contributed by atoms with Gasteiger partial charge < -0.3 is 4.90 Å². The summed E-state index contributed by atoms with van der Waals surface area (Å²) in [5.74, 6) is 0.285. The minimum Gasteiger partial charge on any atom is -0.315 e. The van der Waals surface area contributed by atoms with Gasteiger partial charge in [-0.25, -0.2) is 0 Å². The van der Waals surface area contributed by atoms with Crippen molar-refractivity contribution >= 4 is 24.2 Å². The average molecular weight is 251 g/mol. The van der Waals surface area contributed by atoms with E-state index in [0.717, 1.165) is 5.69 Å². The molecule has 0 aromatic heterocycles. The Balaban J connectivity index is 2.96. The number of nitrogens with zero attached hydrogens (tertiary/aromatic N) is 1. The Morgan fingerprint density at radius 2 is 1.65 bits per heavy atom. The summed E-state index contributed by atoms with van der Waals surface area (Å²) in [6, 6.07) is 6.14. The molecule has 0 saturated carbocycles. The van der Waals surface area contributed by atoms with E-state index in [9.17, 15) is 4.79 Å². The van der Waals surface area contributed by atoms with E-state index in [2.05, 4.69) is 18.7 Å². The topological polar surface area (TPSA) is 20.3 Å². The molecule has 17 heavy (non-hydrogen) atoms. The zero-order valence-electron chi connectivity index (χ0n) is 11.2. The molecule has 0 radical (unpaired) electrons. The predicted molar refractivity (Wildman–Crippen MR) is 76.9 cm³/mol. The third-order valence-electron chi connectivity index (χ3n) is 2.81. The number of carbonyl (C=O) groups is 1. The highest BCUT2D eigenvalue weighted by atomic mass is 32.1. The highest BCUT2D eigenvalue weighted by Gasteiger charge is 2.22. The smallest absolute Gasteiger partial charge is 0.239 e. The van der Waals surface area contributed by atoms with Gasteiger partial charge in [0.1, 0.15) is 0 Å². The van der Waals surface area contributed by atoms with E-state index in [-0.39, 0.29) is 17.1 Å². The third kappa shape index (κ3) is 3.50. The number of benzene rings is 1. The lowest BCUT2D eigenvalue weighted by atomic mass is 10.1. The molecule has 0 fully saturated rings. The molecule has 0 spiro atoms. The minimum absolute atomic E-state index is 0.0494. The normalized spacial score (nSPS) is 12.6. The van der Waals surface area contributed by atoms with Gasteiger partial charge >= 0.3 is 0 Å². The van der Waals surface area contributed by atoms with Gasteiger partial charge in [-0.05, 0) is 43.0 Å². The van der Waals surface area contributed by atoms with Crippen LogP contribution in [-0.4, -0.2) is 18.2 Å². The third-order valence-corrected chi connectivity index (χ3v) is 3.63. The number of anilines is 1. The van der Waals surface area contributed by atoms with Crippen LogP contribution in [0, 0.1) is 19.8 Å². The van der Waals surface area contributed by atoms with Crippen molar-refractivity contribution in [3.63, 3.8) is 0 Å². The van der Waals surface area contributed by atoms with Crippen molar-refractivity contribution in [1.29, 1.82) is 0 Å². The first-order valence-electron chi connectivity index (χ1n) is 5.87. The molecule has 1 rings (SSSR count). The van der Waals surface area contributed by atoms with Crippen LogP contribution in [0.25, 0.3) is 0 Å². The average Bonchev–Trinajstić information content (AvgIpc) is 2.24. The summed E-state index contributed by atoms with van der Waals surface area (Å²) in [6.07, 6.45) is 0. The van der Waals surface area contributed by atoms with Crippen LogP contribution in [-0.2, 0) is 4.79 Å². The van der Waals surface area contributed by atoms with Crippen molar-refractivity contribution in [2.75, 3.05) is 11.9 Å². The number of amides is 1. The summed E-state index contributed by atoms with van der Waals surface area (Å²) in [4.78, 5) is 13.8. The van der Waals surface area contributed by atoms with Crippen LogP contribution in [0.5, 0.6) is 0 Å². The number of hydrogen-bond acceptors (Lipinski definition) is 2. The second-order valence-electron chi connectivity index (χ2n) is 4.93. The molecule has 1 aromatic rings. The maximum Gasteiger partial charge on any atom is 0.239 e. The van der Waals surface area contributed by atoms with Crippen LogP contribution in [0.3, 0.4) is 0 Å². The van der Waals surface area contributed by atoms with Gasteiger partial charge in [0, 0.05) is 12.7 Å². The van der Waals surface area contributed by atoms with Crippen molar-refractivity contribution in [2.24, 2.45) is 5.92 Å². The Kier molecular flexibility index (Phi) is 4.63. The zero-order valence-corrected chi connectivity index (χ0v) is 12.1. The van der Waals surface area contributed by atoms with Crippen molar-refractivity contribution in [2.45, 2.75) is 32.9 Å². The van der Waals surface area contributed by atoms with Crippen molar-refractivity contribution < 1.29 is 4.79 Å². The predicted octanol–water partition coefficient (Wildman–Crippen LogP) is 3.22. The largest absolute Gasteiger partial charge is 0.315 e. The first-order valence-corrected chi connectivity index (χ1v) is 6.38. The van der Waals surface area contributed by atoms with E-state index in [1.165, 1.54) is 11.1 Å². The molecular weight excluding hydrogens is 230 g/mol. The van der Waals surface area contributed by atoms with E-state index in [4.69, 9.17) is 0 Å². The molecule has 1 amide bonds. The van der Waals surface area contributed by atoms with E-state index in [1.54, 1.807) is 4.90 Å². The van der Waals surface area contributed by atoms with Gasteiger partial charge in [0.2, 0.25) is 5.91 Å². The van der Waals surface area contributed by atoms with Gasteiger partial charge in [-0.3, -0.25) is 4.79 Å². The lowest BCUT2D eigenvalue weighted by Gasteiger charge is -2.23. The highest BCUT2D eigenvalue weighted by Crippen LogP contribution is 2.21. The number of hydrogen-bond donors (Lipinski definition) is 1. The second kappa shape index (κ2) is 5.58. The SMILES string of the molecule is Cc1cc(C)cc(N(C)C(=O)C(S)C(C)C)c1. The molecule has 0 bridgehead atoms. The molecule has 1 unspecified atom stereocenters. The van der Waals surface area contributed by atoms with Crippen LogP contribution in [0.4, 0.5) is 5.69 Å². The molecule has 2 nitrogen and oxygen atoms in total. The molecule has 1 atom stereocenters. The fraction of sp³-hybridized carbons (Fsp3) is 0.500.